The Morgan fingerprint density at radius 3 is 2.90 bits per heavy atom. The average Bonchev–Trinajstić information content (AvgIpc) is 2.51. The van der Waals surface area contributed by atoms with Gasteiger partial charge in [-0.2, -0.15) is 0 Å². The Bertz CT molecular complexity index is 424. The van der Waals surface area contributed by atoms with E-state index < -0.39 is 6.10 Å². The summed E-state index contributed by atoms with van der Waals surface area (Å²) in [6, 6.07) is 8.03. The summed E-state index contributed by atoms with van der Waals surface area (Å²) in [7, 11) is 0. The molecule has 21 heavy (non-hydrogen) atoms. The van der Waals surface area contributed by atoms with E-state index in [0.717, 1.165) is 36.3 Å². The Kier molecular flexibility index (Phi) is 6.96. The molecule has 2 unspecified atom stereocenters. The van der Waals surface area contributed by atoms with Gasteiger partial charge in [0.25, 0.3) is 0 Å². The van der Waals surface area contributed by atoms with Crippen LogP contribution in [0.1, 0.15) is 19.8 Å². The van der Waals surface area contributed by atoms with Crippen molar-refractivity contribution < 1.29 is 14.6 Å². The topological polar surface area (TPSA) is 50.7 Å². The molecule has 1 heterocycles. The molecule has 1 aromatic carbocycles. The van der Waals surface area contributed by atoms with Crippen molar-refractivity contribution in [1.82, 2.24) is 5.32 Å². The van der Waals surface area contributed by atoms with Crippen LogP contribution < -0.4 is 10.1 Å². The zero-order valence-corrected chi connectivity index (χ0v) is 14.0. The second kappa shape index (κ2) is 8.73. The fourth-order valence-corrected chi connectivity index (χ4v) is 2.89. The van der Waals surface area contributed by atoms with Crippen LogP contribution in [0.4, 0.5) is 0 Å². The van der Waals surface area contributed by atoms with Crippen molar-refractivity contribution in [2.75, 3.05) is 26.4 Å². The van der Waals surface area contributed by atoms with Gasteiger partial charge in [-0.3, -0.25) is 0 Å². The van der Waals surface area contributed by atoms with Crippen LogP contribution in [0.15, 0.2) is 28.7 Å². The lowest BCUT2D eigenvalue weighted by atomic mass is 9.93. The van der Waals surface area contributed by atoms with Crippen LogP contribution in [0.5, 0.6) is 5.75 Å². The van der Waals surface area contributed by atoms with Gasteiger partial charge in [0.2, 0.25) is 0 Å². The van der Waals surface area contributed by atoms with Gasteiger partial charge in [0.05, 0.1) is 0 Å². The summed E-state index contributed by atoms with van der Waals surface area (Å²) >= 11 is 3.40. The number of hydrogen-bond acceptors (Lipinski definition) is 4. The molecule has 4 nitrogen and oxygen atoms in total. The van der Waals surface area contributed by atoms with Crippen molar-refractivity contribution in [3.8, 4) is 5.75 Å². The monoisotopic (exact) mass is 357 g/mol. The number of hydrogen-bond donors (Lipinski definition) is 2. The van der Waals surface area contributed by atoms with Gasteiger partial charge >= 0.3 is 0 Å². The van der Waals surface area contributed by atoms with Gasteiger partial charge in [0.1, 0.15) is 18.5 Å². The highest BCUT2D eigenvalue weighted by Crippen LogP contribution is 2.19. The maximum Gasteiger partial charge on any atom is 0.120 e. The van der Waals surface area contributed by atoms with Gasteiger partial charge in [0, 0.05) is 30.3 Å². The van der Waals surface area contributed by atoms with E-state index in [9.17, 15) is 5.11 Å². The first-order valence-electron chi connectivity index (χ1n) is 7.52. The molecule has 118 valence electrons. The fourth-order valence-electron chi connectivity index (χ4n) is 2.51. The number of aliphatic hydroxyl groups excluding tert-OH is 1. The van der Waals surface area contributed by atoms with Crippen molar-refractivity contribution in [3.63, 3.8) is 0 Å². The second-order valence-electron chi connectivity index (χ2n) is 5.57. The van der Waals surface area contributed by atoms with Crippen LogP contribution in [-0.2, 0) is 4.74 Å². The molecular formula is C16H24BrNO3. The van der Waals surface area contributed by atoms with Crippen LogP contribution in [0.25, 0.3) is 0 Å². The van der Waals surface area contributed by atoms with E-state index in [4.69, 9.17) is 9.47 Å². The number of ether oxygens (including phenoxy) is 2. The summed E-state index contributed by atoms with van der Waals surface area (Å²) in [5.41, 5.74) is 0. The Morgan fingerprint density at radius 2 is 2.19 bits per heavy atom. The van der Waals surface area contributed by atoms with Crippen LogP contribution in [0.3, 0.4) is 0 Å². The number of rotatable bonds is 7. The molecule has 5 heteroatoms. The van der Waals surface area contributed by atoms with Crippen molar-refractivity contribution in [2.24, 2.45) is 5.92 Å². The van der Waals surface area contributed by atoms with E-state index in [2.05, 4.69) is 28.2 Å². The highest BCUT2D eigenvalue weighted by atomic mass is 79.9. The van der Waals surface area contributed by atoms with E-state index >= 15 is 0 Å². The summed E-state index contributed by atoms with van der Waals surface area (Å²) in [4.78, 5) is 0. The first-order chi connectivity index (χ1) is 10.1. The Labute approximate surface area is 135 Å². The third-order valence-electron chi connectivity index (χ3n) is 3.89. The molecule has 0 aliphatic carbocycles. The lowest BCUT2D eigenvalue weighted by Gasteiger charge is -2.29. The summed E-state index contributed by atoms with van der Waals surface area (Å²) in [6.07, 6.45) is 1.68. The average molecular weight is 358 g/mol. The van der Waals surface area contributed by atoms with Crippen LogP contribution >= 0.6 is 15.9 Å². The first kappa shape index (κ1) is 16.7. The molecule has 1 aliphatic heterocycles. The lowest BCUT2D eigenvalue weighted by molar-refractivity contribution is 0.0512. The summed E-state index contributed by atoms with van der Waals surface area (Å²) in [6.45, 7) is 4.73. The van der Waals surface area contributed by atoms with Gasteiger partial charge in [-0.1, -0.05) is 22.0 Å². The normalized spacial score (nSPS) is 19.2. The minimum absolute atomic E-state index is 0.296. The van der Waals surface area contributed by atoms with Crippen molar-refractivity contribution in [2.45, 2.75) is 31.9 Å². The summed E-state index contributed by atoms with van der Waals surface area (Å²) in [5.74, 6) is 1.40. The molecular weight excluding hydrogens is 334 g/mol. The third-order valence-corrected chi connectivity index (χ3v) is 4.38. The van der Waals surface area contributed by atoms with E-state index in [1.54, 1.807) is 0 Å². The molecule has 0 aromatic heterocycles. The van der Waals surface area contributed by atoms with Gasteiger partial charge in [0.15, 0.2) is 0 Å². The van der Waals surface area contributed by atoms with E-state index in [-0.39, 0.29) is 0 Å². The van der Waals surface area contributed by atoms with Gasteiger partial charge in [-0.05, 0) is 43.9 Å². The molecule has 1 aromatic rings. The zero-order valence-electron chi connectivity index (χ0n) is 12.4. The molecule has 0 amide bonds. The Morgan fingerprint density at radius 1 is 1.43 bits per heavy atom. The van der Waals surface area contributed by atoms with Crippen LogP contribution in [-0.4, -0.2) is 43.6 Å². The molecule has 0 saturated carbocycles. The van der Waals surface area contributed by atoms with E-state index in [1.807, 2.05) is 24.3 Å². The molecule has 0 radical (unpaired) electrons. The number of halogens is 1. The van der Waals surface area contributed by atoms with Crippen LogP contribution in [0, 0.1) is 5.92 Å². The summed E-state index contributed by atoms with van der Waals surface area (Å²) < 4.78 is 11.9. The van der Waals surface area contributed by atoms with Crippen molar-refractivity contribution >= 4 is 15.9 Å². The third kappa shape index (κ3) is 5.94. The van der Waals surface area contributed by atoms with Gasteiger partial charge in [-0.15, -0.1) is 0 Å². The first-order valence-corrected chi connectivity index (χ1v) is 8.32. The quantitative estimate of drug-likeness (QED) is 0.787. The highest BCUT2D eigenvalue weighted by molar-refractivity contribution is 9.10. The maximum atomic E-state index is 10.0. The van der Waals surface area contributed by atoms with Gasteiger partial charge in [-0.25, -0.2) is 0 Å². The van der Waals surface area contributed by atoms with Gasteiger partial charge < -0.3 is 19.9 Å². The lowest BCUT2D eigenvalue weighted by Crippen LogP contribution is -2.41. The SMILES string of the molecule is CC(NCC(O)COc1cccc(Br)c1)C1CCOCC1. The van der Waals surface area contributed by atoms with E-state index in [1.165, 1.54) is 0 Å². The molecule has 1 saturated heterocycles. The van der Waals surface area contributed by atoms with Crippen molar-refractivity contribution in [3.05, 3.63) is 28.7 Å². The minimum atomic E-state index is -0.508. The largest absolute Gasteiger partial charge is 0.491 e. The number of aliphatic hydroxyl groups is 1. The standard InChI is InChI=1S/C16H24BrNO3/c1-12(13-5-7-20-8-6-13)18-10-15(19)11-21-16-4-2-3-14(17)9-16/h2-4,9,12-13,15,18-19H,5-8,10-11H2,1H3. The molecule has 2 rings (SSSR count). The Hall–Kier alpha value is -0.620. The maximum absolute atomic E-state index is 10.0. The van der Waals surface area contributed by atoms with Crippen LogP contribution in [0.2, 0.25) is 0 Å². The molecule has 1 aliphatic rings. The highest BCUT2D eigenvalue weighted by Gasteiger charge is 2.20. The minimum Gasteiger partial charge on any atom is -0.491 e. The second-order valence-corrected chi connectivity index (χ2v) is 6.48. The molecule has 2 N–H and O–H groups in total. The molecule has 2 atom stereocenters. The molecule has 0 spiro atoms. The predicted molar refractivity (Wildman–Crippen MR) is 86.7 cm³/mol. The smallest absolute Gasteiger partial charge is 0.120 e. The van der Waals surface area contributed by atoms with Crippen molar-refractivity contribution in [1.29, 1.82) is 0 Å². The summed E-state index contributed by atoms with van der Waals surface area (Å²) in [5, 5.41) is 13.4. The molecule has 1 fully saturated rings. The molecule has 0 bridgehead atoms. The Balaban J connectivity index is 1.66. The van der Waals surface area contributed by atoms with E-state index in [0.29, 0.717) is 25.1 Å². The fraction of sp³-hybridized carbons (Fsp3) is 0.625. The zero-order chi connectivity index (χ0) is 15.1. The number of benzene rings is 1. The number of nitrogens with one attached hydrogen (secondary N) is 1. The predicted octanol–water partition coefficient (Wildman–Crippen LogP) is 2.59.